The van der Waals surface area contributed by atoms with Gasteiger partial charge in [0.15, 0.2) is 0 Å². The van der Waals surface area contributed by atoms with Crippen LogP contribution >= 0.6 is 0 Å². The summed E-state index contributed by atoms with van der Waals surface area (Å²) in [6.45, 7) is 5.76. The zero-order valence-electron chi connectivity index (χ0n) is 12.0. The lowest BCUT2D eigenvalue weighted by Crippen LogP contribution is -2.22. The van der Waals surface area contributed by atoms with Crippen molar-refractivity contribution in [1.29, 1.82) is 0 Å². The highest BCUT2D eigenvalue weighted by Crippen LogP contribution is 2.27. The molecule has 3 N–H and O–H groups in total. The molecular weight excluding hydrogens is 250 g/mol. The van der Waals surface area contributed by atoms with Gasteiger partial charge in [0.25, 0.3) is 0 Å². The van der Waals surface area contributed by atoms with Gasteiger partial charge in [-0.2, -0.15) is 0 Å². The fourth-order valence-electron chi connectivity index (χ4n) is 2.84. The van der Waals surface area contributed by atoms with Crippen LogP contribution in [0.25, 0.3) is 11.3 Å². The van der Waals surface area contributed by atoms with Gasteiger partial charge in [0.05, 0.1) is 24.5 Å². The Bertz CT molecular complexity index is 579. The van der Waals surface area contributed by atoms with Crippen LogP contribution in [0.3, 0.4) is 0 Å². The van der Waals surface area contributed by atoms with Gasteiger partial charge in [-0.15, -0.1) is 0 Å². The van der Waals surface area contributed by atoms with E-state index in [4.69, 9.17) is 10.5 Å². The van der Waals surface area contributed by atoms with Crippen molar-refractivity contribution in [2.75, 3.05) is 13.2 Å². The Labute approximate surface area is 119 Å². The number of rotatable bonds is 3. The molecule has 1 saturated heterocycles. The predicted molar refractivity (Wildman–Crippen MR) is 79.4 cm³/mol. The van der Waals surface area contributed by atoms with E-state index in [1.165, 1.54) is 11.1 Å². The summed E-state index contributed by atoms with van der Waals surface area (Å²) < 4.78 is 5.40. The lowest BCUT2D eigenvalue weighted by molar-refractivity contribution is 0.180. The summed E-state index contributed by atoms with van der Waals surface area (Å²) in [5.41, 5.74) is 11.0. The van der Waals surface area contributed by atoms with Gasteiger partial charge in [-0.25, -0.2) is 4.98 Å². The van der Waals surface area contributed by atoms with Gasteiger partial charge < -0.3 is 15.5 Å². The van der Waals surface area contributed by atoms with Crippen LogP contribution in [0.4, 0.5) is 0 Å². The molecule has 4 nitrogen and oxygen atoms in total. The largest absolute Gasteiger partial charge is 0.381 e. The number of hydrogen-bond donors (Lipinski definition) is 2. The van der Waals surface area contributed by atoms with E-state index in [1.54, 1.807) is 0 Å². The molecular formula is C16H21N3O. The summed E-state index contributed by atoms with van der Waals surface area (Å²) in [7, 11) is 0. The van der Waals surface area contributed by atoms with Gasteiger partial charge in [0.1, 0.15) is 5.82 Å². The molecule has 2 atom stereocenters. The maximum absolute atomic E-state index is 6.28. The van der Waals surface area contributed by atoms with Crippen LogP contribution in [0.15, 0.2) is 24.4 Å². The molecule has 0 spiro atoms. The highest BCUT2D eigenvalue weighted by atomic mass is 16.5. The Morgan fingerprint density at radius 3 is 2.70 bits per heavy atom. The minimum atomic E-state index is -0.0721. The van der Waals surface area contributed by atoms with E-state index in [0.717, 1.165) is 36.7 Å². The second kappa shape index (κ2) is 5.38. The molecule has 106 valence electrons. The molecule has 1 aliphatic rings. The molecule has 4 heteroatoms. The van der Waals surface area contributed by atoms with E-state index in [0.29, 0.717) is 5.92 Å². The molecule has 0 amide bonds. The average molecular weight is 271 g/mol. The Kier molecular flexibility index (Phi) is 3.59. The summed E-state index contributed by atoms with van der Waals surface area (Å²) in [5.74, 6) is 1.22. The van der Waals surface area contributed by atoms with Crippen molar-refractivity contribution in [2.45, 2.75) is 26.3 Å². The van der Waals surface area contributed by atoms with Gasteiger partial charge in [-0.1, -0.05) is 17.2 Å². The SMILES string of the molecule is Cc1cc(C)cc(-c2cnc(C(N)C3CCOC3)[nH]2)c1. The molecule has 1 aromatic heterocycles. The first-order valence-electron chi connectivity index (χ1n) is 7.10. The lowest BCUT2D eigenvalue weighted by atomic mass is 9.99. The smallest absolute Gasteiger partial charge is 0.123 e. The summed E-state index contributed by atoms with van der Waals surface area (Å²) in [6, 6.07) is 6.42. The van der Waals surface area contributed by atoms with Gasteiger partial charge in [-0.05, 0) is 32.4 Å². The number of aryl methyl sites for hydroxylation is 2. The first-order valence-corrected chi connectivity index (χ1v) is 7.10. The molecule has 3 rings (SSSR count). The normalized spacial score (nSPS) is 20.2. The molecule has 0 bridgehead atoms. The Morgan fingerprint density at radius 1 is 1.30 bits per heavy atom. The number of aromatic nitrogens is 2. The Balaban J connectivity index is 1.85. The van der Waals surface area contributed by atoms with Crippen LogP contribution in [0.1, 0.15) is 29.4 Å². The number of hydrogen-bond acceptors (Lipinski definition) is 3. The highest BCUT2D eigenvalue weighted by molar-refractivity contribution is 5.60. The number of nitrogens with zero attached hydrogens (tertiary/aromatic N) is 1. The van der Waals surface area contributed by atoms with E-state index in [9.17, 15) is 0 Å². The summed E-state index contributed by atoms with van der Waals surface area (Å²) in [5, 5.41) is 0. The van der Waals surface area contributed by atoms with E-state index in [1.807, 2.05) is 6.20 Å². The van der Waals surface area contributed by atoms with E-state index >= 15 is 0 Å². The molecule has 1 aliphatic heterocycles. The van der Waals surface area contributed by atoms with E-state index in [2.05, 4.69) is 42.0 Å². The number of nitrogens with two attached hydrogens (primary N) is 1. The van der Waals surface area contributed by atoms with Crippen LogP contribution in [0, 0.1) is 19.8 Å². The molecule has 1 aromatic carbocycles. The van der Waals surface area contributed by atoms with Gasteiger partial charge in [0, 0.05) is 18.1 Å². The van der Waals surface area contributed by atoms with Gasteiger partial charge in [-0.3, -0.25) is 0 Å². The fraction of sp³-hybridized carbons (Fsp3) is 0.438. The quantitative estimate of drug-likeness (QED) is 0.902. The van der Waals surface area contributed by atoms with E-state index < -0.39 is 0 Å². The molecule has 2 unspecified atom stereocenters. The van der Waals surface area contributed by atoms with Crippen molar-refractivity contribution in [3.63, 3.8) is 0 Å². The van der Waals surface area contributed by atoms with Gasteiger partial charge in [0.2, 0.25) is 0 Å². The summed E-state index contributed by atoms with van der Waals surface area (Å²) >= 11 is 0. The van der Waals surface area contributed by atoms with Crippen LogP contribution in [0.5, 0.6) is 0 Å². The highest BCUT2D eigenvalue weighted by Gasteiger charge is 2.26. The van der Waals surface area contributed by atoms with Crippen molar-refractivity contribution in [1.82, 2.24) is 9.97 Å². The van der Waals surface area contributed by atoms with Crippen molar-refractivity contribution in [3.8, 4) is 11.3 Å². The topological polar surface area (TPSA) is 63.9 Å². The third-order valence-corrected chi connectivity index (χ3v) is 3.92. The van der Waals surface area contributed by atoms with E-state index in [-0.39, 0.29) is 6.04 Å². The van der Waals surface area contributed by atoms with Gasteiger partial charge >= 0.3 is 0 Å². The molecule has 20 heavy (non-hydrogen) atoms. The average Bonchev–Trinajstić information content (AvgIpc) is 3.09. The predicted octanol–water partition coefficient (Wildman–Crippen LogP) is 2.73. The van der Waals surface area contributed by atoms with Crippen LogP contribution < -0.4 is 5.73 Å². The van der Waals surface area contributed by atoms with Crippen molar-refractivity contribution in [3.05, 3.63) is 41.3 Å². The first-order chi connectivity index (χ1) is 9.63. The maximum atomic E-state index is 6.28. The first kappa shape index (κ1) is 13.3. The number of benzene rings is 1. The summed E-state index contributed by atoms with van der Waals surface area (Å²) in [6.07, 6.45) is 2.89. The third-order valence-electron chi connectivity index (χ3n) is 3.92. The molecule has 0 saturated carbocycles. The zero-order valence-corrected chi connectivity index (χ0v) is 12.0. The van der Waals surface area contributed by atoms with Crippen molar-refractivity contribution < 1.29 is 4.74 Å². The van der Waals surface area contributed by atoms with Crippen LogP contribution in [-0.2, 0) is 4.74 Å². The number of aromatic amines is 1. The number of H-pyrrole nitrogens is 1. The molecule has 0 aliphatic carbocycles. The summed E-state index contributed by atoms with van der Waals surface area (Å²) in [4.78, 5) is 7.83. The van der Waals surface area contributed by atoms with Crippen LogP contribution in [-0.4, -0.2) is 23.2 Å². The van der Waals surface area contributed by atoms with Crippen molar-refractivity contribution in [2.24, 2.45) is 11.7 Å². The Hall–Kier alpha value is -1.65. The molecule has 2 heterocycles. The number of nitrogens with one attached hydrogen (secondary N) is 1. The third kappa shape index (κ3) is 2.62. The second-order valence-electron chi connectivity index (χ2n) is 5.71. The minimum absolute atomic E-state index is 0.0721. The minimum Gasteiger partial charge on any atom is -0.381 e. The number of ether oxygens (including phenoxy) is 1. The van der Waals surface area contributed by atoms with Crippen LogP contribution in [0.2, 0.25) is 0 Å². The molecule has 1 fully saturated rings. The van der Waals surface area contributed by atoms with Crippen molar-refractivity contribution >= 4 is 0 Å². The molecule has 2 aromatic rings. The monoisotopic (exact) mass is 271 g/mol. The standard InChI is InChI=1S/C16H21N3O/c1-10-5-11(2)7-13(6-10)14-8-18-16(19-14)15(17)12-3-4-20-9-12/h5-8,12,15H,3-4,9,17H2,1-2H3,(H,18,19). The maximum Gasteiger partial charge on any atom is 0.123 e. The lowest BCUT2D eigenvalue weighted by Gasteiger charge is -2.14. The fourth-order valence-corrected chi connectivity index (χ4v) is 2.84. The Morgan fingerprint density at radius 2 is 2.05 bits per heavy atom. The number of imidazole rings is 1. The second-order valence-corrected chi connectivity index (χ2v) is 5.71. The zero-order chi connectivity index (χ0) is 14.1. The molecule has 0 radical (unpaired) electrons.